The Kier molecular flexibility index (Phi) is 4.64. The SMILES string of the molecule is NCCn1cc(C(=O)NCc2csc(N3CCCC3)n2)nn1. The maximum absolute atomic E-state index is 12.0. The molecule has 1 aliphatic heterocycles. The molecule has 3 rings (SSSR count). The minimum absolute atomic E-state index is 0.251. The van der Waals surface area contributed by atoms with Crippen LogP contribution < -0.4 is 16.0 Å². The summed E-state index contributed by atoms with van der Waals surface area (Å²) in [6.07, 6.45) is 4.05. The molecular weight excluding hydrogens is 302 g/mol. The van der Waals surface area contributed by atoms with E-state index in [-0.39, 0.29) is 5.91 Å². The Balaban J connectivity index is 1.54. The average molecular weight is 321 g/mol. The van der Waals surface area contributed by atoms with Gasteiger partial charge >= 0.3 is 0 Å². The van der Waals surface area contributed by atoms with Crippen LogP contribution in [0, 0.1) is 0 Å². The molecule has 3 heterocycles. The van der Waals surface area contributed by atoms with Gasteiger partial charge in [-0.1, -0.05) is 5.21 Å². The largest absolute Gasteiger partial charge is 0.348 e. The summed E-state index contributed by atoms with van der Waals surface area (Å²) in [5.74, 6) is -0.251. The van der Waals surface area contributed by atoms with E-state index >= 15 is 0 Å². The van der Waals surface area contributed by atoms with Gasteiger partial charge < -0.3 is 16.0 Å². The van der Waals surface area contributed by atoms with E-state index in [1.54, 1.807) is 22.2 Å². The summed E-state index contributed by atoms with van der Waals surface area (Å²) in [6, 6.07) is 0. The van der Waals surface area contributed by atoms with Gasteiger partial charge in [-0.3, -0.25) is 9.48 Å². The molecule has 2 aromatic heterocycles. The molecule has 0 aliphatic carbocycles. The maximum atomic E-state index is 12.0. The third-order valence-electron chi connectivity index (χ3n) is 3.48. The second-order valence-electron chi connectivity index (χ2n) is 5.15. The zero-order valence-corrected chi connectivity index (χ0v) is 13.1. The fourth-order valence-electron chi connectivity index (χ4n) is 2.34. The summed E-state index contributed by atoms with van der Waals surface area (Å²) in [5, 5.41) is 13.5. The fourth-order valence-corrected chi connectivity index (χ4v) is 3.22. The quantitative estimate of drug-likeness (QED) is 0.789. The smallest absolute Gasteiger partial charge is 0.273 e. The molecule has 9 heteroatoms. The molecule has 0 bridgehead atoms. The van der Waals surface area contributed by atoms with Gasteiger partial charge in [0.1, 0.15) is 0 Å². The summed E-state index contributed by atoms with van der Waals surface area (Å²) >= 11 is 1.62. The zero-order chi connectivity index (χ0) is 15.4. The number of anilines is 1. The van der Waals surface area contributed by atoms with Gasteiger partial charge in [-0.2, -0.15) is 0 Å². The van der Waals surface area contributed by atoms with Crippen LogP contribution in [0.25, 0.3) is 0 Å². The lowest BCUT2D eigenvalue weighted by Gasteiger charge is -2.12. The van der Waals surface area contributed by atoms with Gasteiger partial charge in [-0.15, -0.1) is 16.4 Å². The minimum Gasteiger partial charge on any atom is -0.348 e. The number of nitrogens with one attached hydrogen (secondary N) is 1. The summed E-state index contributed by atoms with van der Waals surface area (Å²) in [4.78, 5) is 18.9. The summed E-state index contributed by atoms with van der Waals surface area (Å²) in [5.41, 5.74) is 6.60. The van der Waals surface area contributed by atoms with Crippen molar-refractivity contribution in [2.24, 2.45) is 5.73 Å². The Morgan fingerprint density at radius 1 is 1.41 bits per heavy atom. The highest BCUT2D eigenvalue weighted by Gasteiger charge is 2.16. The average Bonchev–Trinajstić information content (AvgIpc) is 3.25. The lowest BCUT2D eigenvalue weighted by Crippen LogP contribution is -2.23. The second-order valence-corrected chi connectivity index (χ2v) is 5.99. The number of hydrogen-bond acceptors (Lipinski definition) is 7. The predicted octanol–water partition coefficient (Wildman–Crippen LogP) is 0.223. The van der Waals surface area contributed by atoms with Crippen molar-refractivity contribution in [2.75, 3.05) is 24.5 Å². The number of rotatable bonds is 6. The normalized spacial score (nSPS) is 14.5. The van der Waals surface area contributed by atoms with Crippen molar-refractivity contribution >= 4 is 22.4 Å². The van der Waals surface area contributed by atoms with Crippen LogP contribution in [-0.2, 0) is 13.1 Å². The number of nitrogens with zero attached hydrogens (tertiary/aromatic N) is 5. The van der Waals surface area contributed by atoms with Crippen molar-refractivity contribution in [3.63, 3.8) is 0 Å². The number of carbonyl (C=O) groups is 1. The zero-order valence-electron chi connectivity index (χ0n) is 12.2. The number of amides is 1. The van der Waals surface area contributed by atoms with Gasteiger partial charge in [0.2, 0.25) is 0 Å². The van der Waals surface area contributed by atoms with Gasteiger partial charge in [0.05, 0.1) is 25.0 Å². The van der Waals surface area contributed by atoms with Crippen LogP contribution in [0.15, 0.2) is 11.6 Å². The molecule has 1 saturated heterocycles. The van der Waals surface area contributed by atoms with E-state index in [1.165, 1.54) is 12.8 Å². The molecule has 22 heavy (non-hydrogen) atoms. The van der Waals surface area contributed by atoms with E-state index in [2.05, 4.69) is 25.5 Å². The first-order valence-electron chi connectivity index (χ1n) is 7.34. The van der Waals surface area contributed by atoms with E-state index in [0.717, 1.165) is 23.9 Å². The Hall–Kier alpha value is -2.00. The molecule has 118 valence electrons. The predicted molar refractivity (Wildman–Crippen MR) is 83.8 cm³/mol. The summed E-state index contributed by atoms with van der Waals surface area (Å²) < 4.78 is 1.56. The van der Waals surface area contributed by atoms with Gasteiger partial charge in [-0.05, 0) is 12.8 Å². The molecule has 0 aromatic carbocycles. The van der Waals surface area contributed by atoms with Gasteiger partial charge in [0.25, 0.3) is 5.91 Å². The monoisotopic (exact) mass is 321 g/mol. The Labute approximate surface area is 132 Å². The molecule has 0 atom stereocenters. The minimum atomic E-state index is -0.251. The maximum Gasteiger partial charge on any atom is 0.273 e. The summed E-state index contributed by atoms with van der Waals surface area (Å²) in [6.45, 7) is 3.55. The molecule has 2 aromatic rings. The van der Waals surface area contributed by atoms with Crippen LogP contribution in [0.1, 0.15) is 29.0 Å². The summed E-state index contributed by atoms with van der Waals surface area (Å²) in [7, 11) is 0. The highest BCUT2D eigenvalue weighted by atomic mass is 32.1. The molecule has 3 N–H and O–H groups in total. The lowest BCUT2D eigenvalue weighted by atomic mass is 10.4. The van der Waals surface area contributed by atoms with E-state index in [0.29, 0.717) is 25.3 Å². The first kappa shape index (κ1) is 14.9. The molecule has 0 spiro atoms. The highest BCUT2D eigenvalue weighted by molar-refractivity contribution is 7.13. The number of nitrogens with two attached hydrogens (primary N) is 1. The molecule has 1 amide bonds. The van der Waals surface area contributed by atoms with Crippen LogP contribution in [0.5, 0.6) is 0 Å². The van der Waals surface area contributed by atoms with Gasteiger partial charge in [0.15, 0.2) is 10.8 Å². The first-order valence-corrected chi connectivity index (χ1v) is 8.22. The third-order valence-corrected chi connectivity index (χ3v) is 4.43. The Morgan fingerprint density at radius 3 is 3.00 bits per heavy atom. The molecule has 0 saturated carbocycles. The van der Waals surface area contributed by atoms with Crippen molar-refractivity contribution in [3.05, 3.63) is 23.0 Å². The molecule has 1 aliphatic rings. The number of aromatic nitrogens is 4. The van der Waals surface area contributed by atoms with Crippen molar-refractivity contribution in [1.82, 2.24) is 25.3 Å². The second kappa shape index (κ2) is 6.84. The molecular formula is C13H19N7OS. The Bertz CT molecular complexity index is 632. The topological polar surface area (TPSA) is 102 Å². The van der Waals surface area contributed by atoms with E-state index in [4.69, 9.17) is 5.73 Å². The van der Waals surface area contributed by atoms with Crippen LogP contribution in [0.3, 0.4) is 0 Å². The van der Waals surface area contributed by atoms with Crippen molar-refractivity contribution in [3.8, 4) is 0 Å². The van der Waals surface area contributed by atoms with E-state index < -0.39 is 0 Å². The first-order chi connectivity index (χ1) is 10.8. The van der Waals surface area contributed by atoms with Gasteiger partial charge in [-0.25, -0.2) is 4.98 Å². The molecule has 1 fully saturated rings. The van der Waals surface area contributed by atoms with Crippen molar-refractivity contribution in [2.45, 2.75) is 25.9 Å². The fraction of sp³-hybridized carbons (Fsp3) is 0.538. The van der Waals surface area contributed by atoms with Crippen LogP contribution in [-0.4, -0.2) is 45.5 Å². The molecule has 0 radical (unpaired) electrons. The highest BCUT2D eigenvalue weighted by Crippen LogP contribution is 2.24. The molecule has 0 unspecified atom stereocenters. The van der Waals surface area contributed by atoms with Crippen LogP contribution in [0.4, 0.5) is 5.13 Å². The van der Waals surface area contributed by atoms with Crippen molar-refractivity contribution < 1.29 is 4.79 Å². The number of thiazole rings is 1. The van der Waals surface area contributed by atoms with E-state index in [9.17, 15) is 4.79 Å². The van der Waals surface area contributed by atoms with Crippen LogP contribution >= 0.6 is 11.3 Å². The molecule has 8 nitrogen and oxygen atoms in total. The van der Waals surface area contributed by atoms with Crippen molar-refractivity contribution in [1.29, 1.82) is 0 Å². The number of hydrogen-bond donors (Lipinski definition) is 2. The van der Waals surface area contributed by atoms with Crippen LogP contribution in [0.2, 0.25) is 0 Å². The number of carbonyl (C=O) groups excluding carboxylic acids is 1. The standard InChI is InChI=1S/C13H19N7OS/c14-3-6-20-8-11(17-18-20)12(21)15-7-10-9-22-13(16-10)19-4-1-2-5-19/h8-9H,1-7,14H2,(H,15,21). The Morgan fingerprint density at radius 2 is 2.23 bits per heavy atom. The third kappa shape index (κ3) is 3.42. The lowest BCUT2D eigenvalue weighted by molar-refractivity contribution is 0.0945. The van der Waals surface area contributed by atoms with E-state index in [1.807, 2.05) is 5.38 Å². The van der Waals surface area contributed by atoms with Gasteiger partial charge in [0, 0.05) is 25.0 Å².